The zero-order valence-electron chi connectivity index (χ0n) is 18.1. The number of carbonyl (C=O) groups is 1. The van der Waals surface area contributed by atoms with Crippen molar-refractivity contribution in [1.82, 2.24) is 9.29 Å². The van der Waals surface area contributed by atoms with E-state index in [4.69, 9.17) is 14.2 Å². The summed E-state index contributed by atoms with van der Waals surface area (Å²) in [6.07, 6.45) is 3.04. The molecule has 174 valence electrons. The lowest BCUT2D eigenvalue weighted by Gasteiger charge is -2.25. The van der Waals surface area contributed by atoms with Crippen LogP contribution in [0, 0.1) is 0 Å². The summed E-state index contributed by atoms with van der Waals surface area (Å²) in [6.45, 7) is 1.43. The first-order valence-electron chi connectivity index (χ1n) is 10.1. The van der Waals surface area contributed by atoms with Crippen LogP contribution in [0.25, 0.3) is 16.3 Å². The predicted octanol–water partition coefficient (Wildman–Crippen LogP) is 2.99. The van der Waals surface area contributed by atoms with Crippen molar-refractivity contribution in [2.75, 3.05) is 45.8 Å². The summed E-state index contributed by atoms with van der Waals surface area (Å²) >= 11 is 1.21. The Bertz CT molecular complexity index is 1300. The fourth-order valence-corrected chi connectivity index (χ4v) is 5.75. The highest BCUT2D eigenvalue weighted by atomic mass is 32.2. The molecule has 1 saturated heterocycles. The van der Waals surface area contributed by atoms with Crippen LogP contribution in [0.15, 0.2) is 47.4 Å². The number of ether oxygens (including phenoxy) is 3. The average Bonchev–Trinajstić information content (AvgIpc) is 3.24. The second-order valence-electron chi connectivity index (χ2n) is 7.10. The molecule has 0 saturated carbocycles. The number of rotatable bonds is 7. The molecular formula is C22H23N3O6S2. The molecule has 2 aromatic carbocycles. The molecule has 4 rings (SSSR count). The normalized spacial score (nSPS) is 15.1. The standard InChI is InChI=1S/C22H23N3O6S2/c1-29-18-7-3-15(13-19(18)30-2)4-8-21(26)24-22-23-17-6-5-16(14-20(17)32-22)33(27,28)25-9-11-31-12-10-25/h3-8,13-14H,9-12H2,1-2H3,(H,23,24,26). The molecule has 0 spiro atoms. The third-order valence-electron chi connectivity index (χ3n) is 5.03. The Morgan fingerprint density at radius 1 is 1.12 bits per heavy atom. The van der Waals surface area contributed by atoms with Crippen molar-refractivity contribution in [1.29, 1.82) is 0 Å². The number of sulfonamides is 1. The van der Waals surface area contributed by atoms with Crippen LogP contribution in [0.4, 0.5) is 5.13 Å². The smallest absolute Gasteiger partial charge is 0.250 e. The summed E-state index contributed by atoms with van der Waals surface area (Å²) in [5.41, 5.74) is 1.38. The van der Waals surface area contributed by atoms with Crippen LogP contribution in [0.1, 0.15) is 5.56 Å². The van der Waals surface area contributed by atoms with Crippen molar-refractivity contribution >= 4 is 48.7 Å². The van der Waals surface area contributed by atoms with Crippen molar-refractivity contribution < 1.29 is 27.4 Å². The number of fused-ring (bicyclic) bond motifs is 1. The topological polar surface area (TPSA) is 107 Å². The molecule has 2 heterocycles. The van der Waals surface area contributed by atoms with Gasteiger partial charge in [0.2, 0.25) is 15.9 Å². The Hall–Kier alpha value is -2.99. The number of benzene rings is 2. The van der Waals surface area contributed by atoms with Gasteiger partial charge in [-0.3, -0.25) is 10.1 Å². The van der Waals surface area contributed by atoms with Gasteiger partial charge in [-0.2, -0.15) is 4.31 Å². The highest BCUT2D eigenvalue weighted by molar-refractivity contribution is 7.89. The van der Waals surface area contributed by atoms with Crippen LogP contribution in [0.2, 0.25) is 0 Å². The molecule has 1 aromatic heterocycles. The van der Waals surface area contributed by atoms with Crippen LogP contribution in [-0.2, 0) is 19.6 Å². The zero-order chi connectivity index (χ0) is 23.4. The molecular weight excluding hydrogens is 466 g/mol. The van der Waals surface area contributed by atoms with Gasteiger partial charge in [-0.05, 0) is 42.0 Å². The number of amides is 1. The van der Waals surface area contributed by atoms with Crippen LogP contribution < -0.4 is 14.8 Å². The summed E-state index contributed by atoms with van der Waals surface area (Å²) < 4.78 is 43.6. The molecule has 1 aliphatic heterocycles. The first kappa shape index (κ1) is 23.2. The van der Waals surface area contributed by atoms with Crippen molar-refractivity contribution in [2.45, 2.75) is 4.90 Å². The lowest BCUT2D eigenvalue weighted by atomic mass is 10.2. The van der Waals surface area contributed by atoms with E-state index in [-0.39, 0.29) is 10.8 Å². The van der Waals surface area contributed by atoms with Crippen molar-refractivity contribution in [2.24, 2.45) is 0 Å². The van der Waals surface area contributed by atoms with Crippen LogP contribution in [0.5, 0.6) is 11.5 Å². The molecule has 9 nitrogen and oxygen atoms in total. The lowest BCUT2D eigenvalue weighted by molar-refractivity contribution is -0.111. The number of carbonyl (C=O) groups excluding carboxylic acids is 1. The van der Waals surface area contributed by atoms with E-state index in [1.807, 2.05) is 0 Å². The van der Waals surface area contributed by atoms with E-state index in [0.717, 1.165) is 5.56 Å². The second-order valence-corrected chi connectivity index (χ2v) is 10.1. The minimum atomic E-state index is -3.60. The van der Waals surface area contributed by atoms with Gasteiger partial charge in [0, 0.05) is 19.2 Å². The maximum atomic E-state index is 12.9. The first-order valence-corrected chi connectivity index (χ1v) is 12.4. The molecule has 3 aromatic rings. The van der Waals surface area contributed by atoms with Gasteiger partial charge in [0.1, 0.15) is 0 Å². The van der Waals surface area contributed by atoms with Gasteiger partial charge in [-0.1, -0.05) is 17.4 Å². The minimum absolute atomic E-state index is 0.201. The van der Waals surface area contributed by atoms with Gasteiger partial charge in [0.25, 0.3) is 0 Å². The fourth-order valence-electron chi connectivity index (χ4n) is 3.33. The number of nitrogens with zero attached hydrogens (tertiary/aromatic N) is 2. The SMILES string of the molecule is COc1ccc(C=CC(=O)Nc2nc3ccc(S(=O)(=O)N4CCOCC4)cc3s2)cc1OC. The molecule has 0 aliphatic carbocycles. The number of morpholine rings is 1. The molecule has 1 fully saturated rings. The third-order valence-corrected chi connectivity index (χ3v) is 7.86. The fraction of sp³-hybridized carbons (Fsp3) is 0.273. The van der Waals surface area contributed by atoms with Gasteiger partial charge in [0.05, 0.1) is 42.5 Å². The van der Waals surface area contributed by atoms with Crippen molar-refractivity contribution in [3.8, 4) is 11.5 Å². The molecule has 11 heteroatoms. The molecule has 33 heavy (non-hydrogen) atoms. The highest BCUT2D eigenvalue weighted by Crippen LogP contribution is 2.30. The number of methoxy groups -OCH3 is 2. The molecule has 0 unspecified atom stereocenters. The van der Waals surface area contributed by atoms with E-state index in [9.17, 15) is 13.2 Å². The van der Waals surface area contributed by atoms with Crippen molar-refractivity contribution in [3.05, 3.63) is 48.0 Å². The van der Waals surface area contributed by atoms with Crippen LogP contribution in [-0.4, -0.2) is 64.1 Å². The van der Waals surface area contributed by atoms with Crippen LogP contribution >= 0.6 is 11.3 Å². The maximum Gasteiger partial charge on any atom is 0.250 e. The second kappa shape index (κ2) is 9.87. The Balaban J connectivity index is 1.48. The number of anilines is 1. The van der Waals surface area contributed by atoms with Gasteiger partial charge >= 0.3 is 0 Å². The first-order chi connectivity index (χ1) is 15.9. The largest absolute Gasteiger partial charge is 0.493 e. The Labute approximate surface area is 195 Å². The van der Waals surface area contributed by atoms with E-state index < -0.39 is 10.0 Å². The summed E-state index contributed by atoms with van der Waals surface area (Å²) in [7, 11) is -0.503. The number of aromatic nitrogens is 1. The number of thiazole rings is 1. The van der Waals surface area contributed by atoms with Gasteiger partial charge in [0.15, 0.2) is 16.6 Å². The van der Waals surface area contributed by atoms with E-state index in [1.54, 1.807) is 50.6 Å². The number of hydrogen-bond acceptors (Lipinski definition) is 8. The summed E-state index contributed by atoms with van der Waals surface area (Å²) in [5.74, 6) is 0.808. The minimum Gasteiger partial charge on any atom is -0.493 e. The molecule has 0 bridgehead atoms. The Kier molecular flexibility index (Phi) is 6.94. The van der Waals surface area contributed by atoms with E-state index in [1.165, 1.54) is 27.8 Å². The zero-order valence-corrected chi connectivity index (χ0v) is 19.7. The molecule has 0 atom stereocenters. The van der Waals surface area contributed by atoms with E-state index in [2.05, 4.69) is 10.3 Å². The number of hydrogen-bond donors (Lipinski definition) is 1. The van der Waals surface area contributed by atoms with Crippen molar-refractivity contribution in [3.63, 3.8) is 0 Å². The average molecular weight is 490 g/mol. The monoisotopic (exact) mass is 489 g/mol. The van der Waals surface area contributed by atoms with Gasteiger partial charge in [-0.15, -0.1) is 0 Å². The summed E-state index contributed by atoms with van der Waals surface area (Å²) in [6, 6.07) is 10.1. The van der Waals surface area contributed by atoms with Gasteiger partial charge in [-0.25, -0.2) is 13.4 Å². The van der Waals surface area contributed by atoms with E-state index >= 15 is 0 Å². The predicted molar refractivity (Wildman–Crippen MR) is 126 cm³/mol. The maximum absolute atomic E-state index is 12.9. The molecule has 1 aliphatic rings. The van der Waals surface area contributed by atoms with E-state index in [0.29, 0.717) is 53.2 Å². The van der Waals surface area contributed by atoms with Crippen LogP contribution in [0.3, 0.4) is 0 Å². The molecule has 1 N–H and O–H groups in total. The Morgan fingerprint density at radius 2 is 1.88 bits per heavy atom. The summed E-state index contributed by atoms with van der Waals surface area (Å²) in [4.78, 5) is 17.0. The lowest BCUT2D eigenvalue weighted by Crippen LogP contribution is -2.40. The van der Waals surface area contributed by atoms with Gasteiger partial charge < -0.3 is 14.2 Å². The molecule has 1 amide bonds. The summed E-state index contributed by atoms with van der Waals surface area (Å²) in [5, 5.41) is 3.11. The quantitative estimate of drug-likeness (QED) is 0.509. The third kappa shape index (κ3) is 5.17. The number of nitrogens with one attached hydrogen (secondary N) is 1. The highest BCUT2D eigenvalue weighted by Gasteiger charge is 2.26. The molecule has 0 radical (unpaired) electrons. The Morgan fingerprint density at radius 3 is 2.61 bits per heavy atom.